The van der Waals surface area contributed by atoms with Gasteiger partial charge >= 0.3 is 5.69 Å². The van der Waals surface area contributed by atoms with Gasteiger partial charge in [-0.05, 0) is 30.7 Å². The van der Waals surface area contributed by atoms with Crippen LogP contribution in [0.5, 0.6) is 5.88 Å². The Morgan fingerprint density at radius 2 is 2.36 bits per heavy atom. The van der Waals surface area contributed by atoms with Gasteiger partial charge in [0.25, 0.3) is 0 Å². The van der Waals surface area contributed by atoms with Crippen molar-refractivity contribution in [2.75, 3.05) is 18.1 Å². The van der Waals surface area contributed by atoms with Crippen LogP contribution in [0.3, 0.4) is 0 Å². The summed E-state index contributed by atoms with van der Waals surface area (Å²) in [4.78, 5) is 19.9. The Kier molecular flexibility index (Phi) is 3.62. The van der Waals surface area contributed by atoms with Gasteiger partial charge in [-0.3, -0.25) is 4.57 Å². The first-order chi connectivity index (χ1) is 10.8. The van der Waals surface area contributed by atoms with Crippen LogP contribution in [-0.4, -0.2) is 28.7 Å². The van der Waals surface area contributed by atoms with Crippen LogP contribution < -0.4 is 15.3 Å². The van der Waals surface area contributed by atoms with Gasteiger partial charge in [-0.25, -0.2) is 4.79 Å². The van der Waals surface area contributed by atoms with Crippen LogP contribution in [0.1, 0.15) is 24.1 Å². The van der Waals surface area contributed by atoms with Gasteiger partial charge in [-0.15, -0.1) is 11.3 Å². The molecule has 2 aliphatic rings. The van der Waals surface area contributed by atoms with E-state index in [9.17, 15) is 4.79 Å². The number of aromatic nitrogens is 2. The Bertz CT molecular complexity index is 711. The number of nitrogens with zero attached hydrogens (tertiary/aromatic N) is 3. The molecule has 0 bridgehead atoms. The van der Waals surface area contributed by atoms with Crippen molar-refractivity contribution in [3.63, 3.8) is 0 Å². The largest absolute Gasteiger partial charge is 0.477 e. The van der Waals surface area contributed by atoms with E-state index in [1.54, 1.807) is 15.9 Å². The van der Waals surface area contributed by atoms with Gasteiger partial charge in [-0.1, -0.05) is 6.07 Å². The summed E-state index contributed by atoms with van der Waals surface area (Å²) >= 11 is 1.72. The second-order valence-electron chi connectivity index (χ2n) is 5.87. The zero-order valence-corrected chi connectivity index (χ0v) is 13.2. The molecule has 116 valence electrons. The summed E-state index contributed by atoms with van der Waals surface area (Å²) in [6, 6.07) is 6.53. The second kappa shape index (κ2) is 5.76. The van der Waals surface area contributed by atoms with Gasteiger partial charge in [0.15, 0.2) is 0 Å². The van der Waals surface area contributed by atoms with Crippen LogP contribution in [0.25, 0.3) is 0 Å². The van der Waals surface area contributed by atoms with Crippen molar-refractivity contribution in [2.24, 2.45) is 0 Å². The van der Waals surface area contributed by atoms with Crippen molar-refractivity contribution in [3.05, 3.63) is 38.9 Å². The lowest BCUT2D eigenvalue weighted by molar-refractivity contribution is 0.308. The summed E-state index contributed by atoms with van der Waals surface area (Å²) in [5.74, 6) is 1.44. The number of anilines is 1. The number of thiophene rings is 1. The van der Waals surface area contributed by atoms with Gasteiger partial charge in [0.2, 0.25) is 5.88 Å². The summed E-state index contributed by atoms with van der Waals surface area (Å²) in [5.41, 5.74) is -0.182. The van der Waals surface area contributed by atoms with E-state index >= 15 is 0 Å². The minimum atomic E-state index is -0.182. The van der Waals surface area contributed by atoms with Crippen LogP contribution in [0.4, 0.5) is 5.82 Å². The van der Waals surface area contributed by atoms with Gasteiger partial charge in [0, 0.05) is 36.5 Å². The minimum Gasteiger partial charge on any atom is -0.477 e. The van der Waals surface area contributed by atoms with E-state index in [1.165, 1.54) is 17.7 Å². The molecule has 0 unspecified atom stereocenters. The van der Waals surface area contributed by atoms with E-state index in [0.717, 1.165) is 31.7 Å². The number of piperidine rings is 1. The van der Waals surface area contributed by atoms with E-state index < -0.39 is 0 Å². The van der Waals surface area contributed by atoms with Crippen molar-refractivity contribution in [1.29, 1.82) is 0 Å². The highest BCUT2D eigenvalue weighted by molar-refractivity contribution is 7.09. The summed E-state index contributed by atoms with van der Waals surface area (Å²) in [7, 11) is 0. The number of hydrogen-bond donors (Lipinski definition) is 0. The average Bonchev–Trinajstić information content (AvgIpc) is 3.15. The first-order valence-electron chi connectivity index (χ1n) is 7.85. The third-order valence-corrected chi connectivity index (χ3v) is 5.40. The predicted molar refractivity (Wildman–Crippen MR) is 87.0 cm³/mol. The molecule has 0 amide bonds. The number of fused-ring (bicyclic) bond motifs is 3. The molecule has 6 heteroatoms. The van der Waals surface area contributed by atoms with Gasteiger partial charge in [0.1, 0.15) is 5.82 Å². The predicted octanol–water partition coefficient (Wildman–Crippen LogP) is 2.30. The normalized spacial score (nSPS) is 19.8. The van der Waals surface area contributed by atoms with Crippen molar-refractivity contribution in [1.82, 2.24) is 9.55 Å². The lowest BCUT2D eigenvalue weighted by Gasteiger charge is -2.30. The smallest absolute Gasteiger partial charge is 0.352 e. The second-order valence-corrected chi connectivity index (χ2v) is 6.90. The van der Waals surface area contributed by atoms with E-state index in [4.69, 9.17) is 4.74 Å². The average molecular weight is 317 g/mol. The zero-order chi connectivity index (χ0) is 14.9. The third-order valence-electron chi connectivity index (χ3n) is 4.46. The molecule has 0 aromatic carbocycles. The maximum atomic E-state index is 12.2. The van der Waals surface area contributed by atoms with Crippen LogP contribution in [0.2, 0.25) is 0 Å². The highest BCUT2D eigenvalue weighted by atomic mass is 32.1. The molecule has 0 saturated carbocycles. The molecule has 1 saturated heterocycles. The van der Waals surface area contributed by atoms with E-state index in [0.29, 0.717) is 18.5 Å². The van der Waals surface area contributed by atoms with Crippen molar-refractivity contribution >= 4 is 17.2 Å². The molecule has 1 fully saturated rings. The molecule has 4 rings (SSSR count). The Morgan fingerprint density at radius 3 is 3.23 bits per heavy atom. The molecule has 1 atom stereocenters. The van der Waals surface area contributed by atoms with Crippen LogP contribution in [-0.2, 0) is 13.0 Å². The molecule has 5 nitrogen and oxygen atoms in total. The van der Waals surface area contributed by atoms with Gasteiger partial charge < -0.3 is 9.64 Å². The molecule has 0 N–H and O–H groups in total. The molecule has 0 radical (unpaired) electrons. The fourth-order valence-electron chi connectivity index (χ4n) is 3.37. The monoisotopic (exact) mass is 317 g/mol. The standard InChI is InChI=1S/C16H19N3O2S/c20-16-17-14(21-8-6-13-5-3-9-22-13)10-15-18-7-2-1-4-12(18)11-19(15)16/h3,5,9-10,12H,1-2,4,6-8,11H2/t12-/m0/s1. The summed E-state index contributed by atoms with van der Waals surface area (Å²) in [5, 5.41) is 2.06. The van der Waals surface area contributed by atoms with Crippen molar-refractivity contribution in [3.8, 4) is 5.88 Å². The Labute approximate surface area is 133 Å². The lowest BCUT2D eigenvalue weighted by Crippen LogP contribution is -2.36. The summed E-state index contributed by atoms with van der Waals surface area (Å²) in [6.45, 7) is 2.36. The van der Waals surface area contributed by atoms with E-state index in [-0.39, 0.29) is 5.69 Å². The van der Waals surface area contributed by atoms with Gasteiger partial charge in [0.05, 0.1) is 6.61 Å². The molecule has 2 aromatic rings. The highest BCUT2D eigenvalue weighted by Gasteiger charge is 2.32. The van der Waals surface area contributed by atoms with Crippen molar-refractivity contribution in [2.45, 2.75) is 38.3 Å². The molecule has 2 aromatic heterocycles. The first kappa shape index (κ1) is 13.8. The van der Waals surface area contributed by atoms with Crippen LogP contribution in [0, 0.1) is 0 Å². The third kappa shape index (κ3) is 2.52. The maximum absolute atomic E-state index is 12.2. The first-order valence-corrected chi connectivity index (χ1v) is 8.73. The Balaban J connectivity index is 1.50. The fourth-order valence-corrected chi connectivity index (χ4v) is 4.06. The molecular formula is C16H19N3O2S. The summed E-state index contributed by atoms with van der Waals surface area (Å²) < 4.78 is 7.51. The molecule has 4 heterocycles. The molecule has 22 heavy (non-hydrogen) atoms. The molecule has 2 aliphatic heterocycles. The number of rotatable bonds is 4. The molecule has 0 aliphatic carbocycles. The Morgan fingerprint density at radius 1 is 1.41 bits per heavy atom. The SMILES string of the molecule is O=c1nc(OCCc2cccs2)cc2n1C[C@@H]1CCCCN21. The lowest BCUT2D eigenvalue weighted by atomic mass is 10.0. The topological polar surface area (TPSA) is 47.4 Å². The summed E-state index contributed by atoms with van der Waals surface area (Å²) in [6.07, 6.45) is 4.46. The van der Waals surface area contributed by atoms with E-state index in [2.05, 4.69) is 21.3 Å². The quantitative estimate of drug-likeness (QED) is 0.868. The molecular weight excluding hydrogens is 298 g/mol. The van der Waals surface area contributed by atoms with Crippen LogP contribution in [0.15, 0.2) is 28.4 Å². The van der Waals surface area contributed by atoms with E-state index in [1.807, 2.05) is 12.1 Å². The number of ether oxygens (including phenoxy) is 1. The van der Waals surface area contributed by atoms with Crippen molar-refractivity contribution < 1.29 is 4.74 Å². The highest BCUT2D eigenvalue weighted by Crippen LogP contribution is 2.32. The van der Waals surface area contributed by atoms with Gasteiger partial charge in [-0.2, -0.15) is 4.98 Å². The minimum absolute atomic E-state index is 0.182. The van der Waals surface area contributed by atoms with Crippen LogP contribution >= 0.6 is 11.3 Å². The zero-order valence-electron chi connectivity index (χ0n) is 12.4. The molecule has 0 spiro atoms. The maximum Gasteiger partial charge on any atom is 0.352 e. The Hall–Kier alpha value is -1.82. The fraction of sp³-hybridized carbons (Fsp3) is 0.500. The number of hydrogen-bond acceptors (Lipinski definition) is 5.